The lowest BCUT2D eigenvalue weighted by atomic mass is 10.2. The van der Waals surface area contributed by atoms with Gasteiger partial charge in [0.1, 0.15) is 12.9 Å². The van der Waals surface area contributed by atoms with Crippen LogP contribution in [0.5, 0.6) is 0 Å². The fourth-order valence-corrected chi connectivity index (χ4v) is 2.62. The van der Waals surface area contributed by atoms with Gasteiger partial charge in [-0.3, -0.25) is 4.84 Å². The molecule has 114 valence electrons. The number of anilines is 1. The molecule has 0 aromatic carbocycles. The quantitative estimate of drug-likeness (QED) is 0.735. The van der Waals surface area contributed by atoms with Crippen LogP contribution in [0.25, 0.3) is 5.52 Å². The average Bonchev–Trinajstić information content (AvgIpc) is 2.95. The molecule has 0 aliphatic carbocycles. The van der Waals surface area contributed by atoms with Crippen molar-refractivity contribution in [1.29, 1.82) is 0 Å². The first-order valence-corrected chi connectivity index (χ1v) is 7.53. The van der Waals surface area contributed by atoms with Crippen molar-refractivity contribution in [1.82, 2.24) is 9.61 Å². The highest BCUT2D eigenvalue weighted by atomic mass is 35.5. The van der Waals surface area contributed by atoms with Crippen molar-refractivity contribution in [3.63, 3.8) is 0 Å². The van der Waals surface area contributed by atoms with E-state index >= 15 is 0 Å². The highest BCUT2D eigenvalue weighted by Crippen LogP contribution is 2.23. The summed E-state index contributed by atoms with van der Waals surface area (Å²) < 4.78 is 3.55. The molecule has 0 amide bonds. The van der Waals surface area contributed by atoms with Gasteiger partial charge >= 0.3 is 0 Å². The minimum atomic E-state index is 0.654. The van der Waals surface area contributed by atoms with Gasteiger partial charge in [-0.25, -0.2) is 4.52 Å². The van der Waals surface area contributed by atoms with Gasteiger partial charge in [0.15, 0.2) is 0 Å². The standard InChI is InChI=1S/C16H18ClN4O/c1-3-13-10-19-21-15(13)7-14(17)8-16(21)18-9-12-5-4-6-20(11-12)22-2/h4-8,10-11,18H,3,9H2,1-2H3/q+1. The Bertz CT molecular complexity index is 800. The first kappa shape index (κ1) is 14.7. The number of halogens is 1. The van der Waals surface area contributed by atoms with E-state index in [-0.39, 0.29) is 0 Å². The van der Waals surface area contributed by atoms with Crippen LogP contribution >= 0.6 is 11.6 Å². The number of nitrogens with one attached hydrogen (secondary N) is 1. The lowest BCUT2D eigenvalue weighted by Crippen LogP contribution is -2.40. The molecule has 0 aliphatic rings. The Balaban J connectivity index is 1.88. The van der Waals surface area contributed by atoms with Gasteiger partial charge in [0.25, 0.3) is 0 Å². The topological polar surface area (TPSA) is 42.4 Å². The molecular weight excluding hydrogens is 300 g/mol. The Labute approximate surface area is 134 Å². The van der Waals surface area contributed by atoms with Crippen molar-refractivity contribution in [3.8, 4) is 0 Å². The smallest absolute Gasteiger partial charge is 0.227 e. The van der Waals surface area contributed by atoms with Crippen LogP contribution in [0.2, 0.25) is 5.02 Å². The van der Waals surface area contributed by atoms with Crippen molar-refractivity contribution < 1.29 is 9.57 Å². The van der Waals surface area contributed by atoms with E-state index in [0.717, 1.165) is 23.3 Å². The summed E-state index contributed by atoms with van der Waals surface area (Å²) in [6.07, 6.45) is 6.59. The third-order valence-electron chi connectivity index (χ3n) is 3.57. The summed E-state index contributed by atoms with van der Waals surface area (Å²) >= 11 is 6.23. The van der Waals surface area contributed by atoms with E-state index in [9.17, 15) is 0 Å². The second-order valence-electron chi connectivity index (χ2n) is 4.99. The Kier molecular flexibility index (Phi) is 4.15. The molecular formula is C16H18ClN4O+. The maximum absolute atomic E-state index is 6.23. The summed E-state index contributed by atoms with van der Waals surface area (Å²) in [6.45, 7) is 2.76. The van der Waals surface area contributed by atoms with E-state index < -0.39 is 0 Å². The lowest BCUT2D eigenvalue weighted by molar-refractivity contribution is -0.885. The van der Waals surface area contributed by atoms with Crippen LogP contribution < -0.4 is 14.9 Å². The van der Waals surface area contributed by atoms with Gasteiger partial charge in [0.2, 0.25) is 12.4 Å². The first-order chi connectivity index (χ1) is 10.7. The first-order valence-electron chi connectivity index (χ1n) is 7.16. The van der Waals surface area contributed by atoms with Crippen LogP contribution in [0.15, 0.2) is 42.9 Å². The van der Waals surface area contributed by atoms with Crippen LogP contribution in [0, 0.1) is 0 Å². The van der Waals surface area contributed by atoms with Gasteiger partial charge in [-0.05, 0) is 30.2 Å². The van der Waals surface area contributed by atoms with E-state index in [1.165, 1.54) is 5.56 Å². The predicted octanol–water partition coefficient (Wildman–Crippen LogP) is 2.51. The van der Waals surface area contributed by atoms with Gasteiger partial charge in [-0.15, -0.1) is 0 Å². The van der Waals surface area contributed by atoms with Gasteiger partial charge < -0.3 is 5.32 Å². The Morgan fingerprint density at radius 2 is 2.27 bits per heavy atom. The minimum Gasteiger partial charge on any atom is -0.366 e. The fourth-order valence-electron chi connectivity index (χ4n) is 2.41. The maximum Gasteiger partial charge on any atom is 0.227 e. The van der Waals surface area contributed by atoms with Crippen molar-refractivity contribution in [2.75, 3.05) is 12.4 Å². The van der Waals surface area contributed by atoms with Crippen molar-refractivity contribution in [3.05, 3.63) is 59.0 Å². The summed E-state index contributed by atoms with van der Waals surface area (Å²) in [6, 6.07) is 7.80. The van der Waals surface area contributed by atoms with Crippen LogP contribution in [0.1, 0.15) is 18.1 Å². The molecule has 0 radical (unpaired) electrons. The number of aromatic nitrogens is 3. The third-order valence-corrected chi connectivity index (χ3v) is 3.78. The Morgan fingerprint density at radius 3 is 3.05 bits per heavy atom. The second-order valence-corrected chi connectivity index (χ2v) is 5.42. The molecule has 1 N–H and O–H groups in total. The largest absolute Gasteiger partial charge is 0.366 e. The van der Waals surface area contributed by atoms with Crippen molar-refractivity contribution in [2.24, 2.45) is 0 Å². The zero-order valence-electron chi connectivity index (χ0n) is 12.6. The zero-order valence-corrected chi connectivity index (χ0v) is 13.3. The molecule has 5 nitrogen and oxygen atoms in total. The maximum atomic E-state index is 6.23. The predicted molar refractivity (Wildman–Crippen MR) is 86.0 cm³/mol. The molecule has 3 aromatic heterocycles. The van der Waals surface area contributed by atoms with Crippen molar-refractivity contribution in [2.45, 2.75) is 19.9 Å². The van der Waals surface area contributed by atoms with Crippen molar-refractivity contribution >= 4 is 22.9 Å². The molecule has 0 saturated heterocycles. The molecule has 22 heavy (non-hydrogen) atoms. The van der Waals surface area contributed by atoms with E-state index in [1.54, 1.807) is 11.8 Å². The summed E-state index contributed by atoms with van der Waals surface area (Å²) in [7, 11) is 1.63. The number of aryl methyl sites for hydroxylation is 1. The van der Waals surface area contributed by atoms with Gasteiger partial charge in [0.05, 0.1) is 11.7 Å². The summed E-state index contributed by atoms with van der Waals surface area (Å²) in [5.74, 6) is 0.870. The molecule has 0 spiro atoms. The Hall–Kier alpha value is -2.27. The number of rotatable bonds is 5. The minimum absolute atomic E-state index is 0.654. The second kappa shape index (κ2) is 6.23. The Morgan fingerprint density at radius 1 is 1.41 bits per heavy atom. The van der Waals surface area contributed by atoms with E-state index in [2.05, 4.69) is 17.3 Å². The number of nitrogens with zero attached hydrogens (tertiary/aromatic N) is 3. The van der Waals surface area contributed by atoms with Crippen LogP contribution in [-0.2, 0) is 13.0 Å². The van der Waals surface area contributed by atoms with Gasteiger partial charge in [0, 0.05) is 27.9 Å². The molecule has 6 heteroatoms. The number of fused-ring (bicyclic) bond motifs is 1. The number of hydrogen-bond acceptors (Lipinski definition) is 3. The summed E-state index contributed by atoms with van der Waals surface area (Å²) in [5.41, 5.74) is 3.32. The van der Waals surface area contributed by atoms with E-state index in [1.807, 2.05) is 47.4 Å². The van der Waals surface area contributed by atoms with Crippen LogP contribution in [-0.4, -0.2) is 16.7 Å². The highest BCUT2D eigenvalue weighted by molar-refractivity contribution is 6.31. The normalized spacial score (nSPS) is 10.9. The molecule has 3 rings (SSSR count). The number of pyridine rings is 2. The summed E-state index contributed by atoms with van der Waals surface area (Å²) in [4.78, 5) is 5.16. The molecule has 0 saturated carbocycles. The monoisotopic (exact) mass is 317 g/mol. The van der Waals surface area contributed by atoms with Crippen LogP contribution in [0.3, 0.4) is 0 Å². The van der Waals surface area contributed by atoms with E-state index in [4.69, 9.17) is 16.4 Å². The fraction of sp³-hybridized carbons (Fsp3) is 0.250. The molecule has 0 bridgehead atoms. The SMILES string of the molecule is CCc1cnn2c(NCc3ccc[n+](OC)c3)cc(Cl)cc12. The summed E-state index contributed by atoms with van der Waals surface area (Å²) in [5, 5.41) is 8.52. The molecule has 0 unspecified atom stereocenters. The molecule has 0 aliphatic heterocycles. The van der Waals surface area contributed by atoms with Gasteiger partial charge in [-0.1, -0.05) is 18.5 Å². The van der Waals surface area contributed by atoms with E-state index in [0.29, 0.717) is 11.6 Å². The zero-order chi connectivity index (χ0) is 15.5. The van der Waals surface area contributed by atoms with Gasteiger partial charge in [-0.2, -0.15) is 5.10 Å². The number of hydrogen-bond donors (Lipinski definition) is 1. The molecule has 0 atom stereocenters. The lowest BCUT2D eigenvalue weighted by Gasteiger charge is -2.09. The average molecular weight is 318 g/mol. The molecule has 0 fully saturated rings. The molecule has 3 heterocycles. The van der Waals surface area contributed by atoms with Crippen LogP contribution in [0.4, 0.5) is 5.82 Å². The highest BCUT2D eigenvalue weighted by Gasteiger charge is 2.09. The third kappa shape index (κ3) is 2.85. The molecule has 3 aromatic rings.